The highest BCUT2D eigenvalue weighted by Crippen LogP contribution is 2.36. The van der Waals surface area contributed by atoms with E-state index >= 15 is 0 Å². The Kier molecular flexibility index (Phi) is 10.0. The lowest BCUT2D eigenvalue weighted by atomic mass is 10.1. The number of phosphoric acid groups is 1. The Labute approximate surface area is 215 Å². The SMILES string of the molecule is COc1c(Nc2ccc(CCCOP(=O)(O)O)nc2C)ncnc1OC1CCN(C(=O)OC(C)C)CC1. The van der Waals surface area contributed by atoms with Gasteiger partial charge in [-0.15, -0.1) is 0 Å². The number of hydrogen-bond acceptors (Lipinski definition) is 10. The second kappa shape index (κ2) is 13.0. The minimum absolute atomic E-state index is 0.0625. The molecule has 0 bridgehead atoms. The summed E-state index contributed by atoms with van der Waals surface area (Å²) in [6.07, 6.45) is 2.95. The van der Waals surface area contributed by atoms with Gasteiger partial charge in [0.2, 0.25) is 5.75 Å². The van der Waals surface area contributed by atoms with Crippen LogP contribution in [0.4, 0.5) is 16.3 Å². The maximum atomic E-state index is 12.1. The van der Waals surface area contributed by atoms with Crippen LogP contribution in [0.1, 0.15) is 44.5 Å². The normalized spacial score (nSPS) is 14.5. The number of carbonyl (C=O) groups excluding carboxylic acids is 1. The molecule has 0 aliphatic carbocycles. The van der Waals surface area contributed by atoms with Gasteiger partial charge >= 0.3 is 13.9 Å². The minimum Gasteiger partial charge on any atom is -0.489 e. The molecule has 0 aromatic carbocycles. The Bertz CT molecular complexity index is 1100. The smallest absolute Gasteiger partial charge is 0.469 e. The fraction of sp³-hybridized carbons (Fsp3) is 0.565. The molecule has 3 heterocycles. The zero-order valence-electron chi connectivity index (χ0n) is 21.4. The number of carbonyl (C=O) groups is 1. The van der Waals surface area contributed by atoms with Crippen molar-refractivity contribution in [2.75, 3.05) is 32.1 Å². The molecule has 1 saturated heterocycles. The van der Waals surface area contributed by atoms with Crippen molar-refractivity contribution in [2.24, 2.45) is 0 Å². The third kappa shape index (κ3) is 8.81. The molecular weight excluding hydrogens is 505 g/mol. The zero-order chi connectivity index (χ0) is 27.0. The fourth-order valence-corrected chi connectivity index (χ4v) is 4.12. The highest BCUT2D eigenvalue weighted by Gasteiger charge is 2.27. The topological polar surface area (TPSA) is 165 Å². The highest BCUT2D eigenvalue weighted by molar-refractivity contribution is 7.46. The molecule has 3 rings (SSSR count). The summed E-state index contributed by atoms with van der Waals surface area (Å²) < 4.78 is 32.2. The van der Waals surface area contributed by atoms with Crippen LogP contribution in [0, 0.1) is 6.92 Å². The summed E-state index contributed by atoms with van der Waals surface area (Å²) in [5.74, 6) is 1.07. The van der Waals surface area contributed by atoms with Crippen LogP contribution in [0.3, 0.4) is 0 Å². The number of pyridine rings is 1. The van der Waals surface area contributed by atoms with Crippen molar-refractivity contribution in [2.45, 2.75) is 58.7 Å². The molecule has 2 aromatic heterocycles. The standard InChI is InChI=1S/C23H34N5O8P/c1-15(2)35-23(29)28-11-9-18(10-12-28)36-22-20(33-4)21(24-14-25-22)27-19-8-7-17(26-16(19)3)6-5-13-34-37(30,31)32/h7-8,14-15,18H,5-6,9-13H2,1-4H3,(H,24,25,27)(H2,30,31,32). The second-order valence-corrected chi connectivity index (χ2v) is 10.0. The van der Waals surface area contributed by atoms with Crippen molar-refractivity contribution in [1.82, 2.24) is 19.9 Å². The third-order valence-electron chi connectivity index (χ3n) is 5.52. The summed E-state index contributed by atoms with van der Waals surface area (Å²) in [5.41, 5.74) is 2.17. The Balaban J connectivity index is 1.60. The first kappa shape index (κ1) is 28.6. The second-order valence-electron chi connectivity index (χ2n) is 8.79. The maximum absolute atomic E-state index is 12.1. The molecule has 1 amide bonds. The molecule has 0 saturated carbocycles. The van der Waals surface area contributed by atoms with Crippen molar-refractivity contribution in [3.63, 3.8) is 0 Å². The maximum Gasteiger partial charge on any atom is 0.469 e. The van der Waals surface area contributed by atoms with Gasteiger partial charge in [0.1, 0.15) is 12.4 Å². The summed E-state index contributed by atoms with van der Waals surface area (Å²) in [6.45, 7) is 6.46. The van der Waals surface area contributed by atoms with E-state index in [0.29, 0.717) is 67.6 Å². The van der Waals surface area contributed by atoms with E-state index < -0.39 is 7.82 Å². The molecule has 1 fully saturated rings. The van der Waals surface area contributed by atoms with E-state index in [1.54, 1.807) is 4.90 Å². The van der Waals surface area contributed by atoms with Crippen LogP contribution in [-0.2, 0) is 20.2 Å². The summed E-state index contributed by atoms with van der Waals surface area (Å²) in [4.78, 5) is 44.4. The Morgan fingerprint density at radius 1 is 1.24 bits per heavy atom. The van der Waals surface area contributed by atoms with Crippen LogP contribution in [0.15, 0.2) is 18.5 Å². The van der Waals surface area contributed by atoms with Gasteiger partial charge in [0.05, 0.1) is 31.2 Å². The number of aromatic nitrogens is 3. The van der Waals surface area contributed by atoms with Crippen molar-refractivity contribution in [1.29, 1.82) is 0 Å². The predicted octanol–water partition coefficient (Wildman–Crippen LogP) is 3.36. The highest BCUT2D eigenvalue weighted by atomic mass is 31.2. The van der Waals surface area contributed by atoms with Gasteiger partial charge in [-0.25, -0.2) is 14.3 Å². The molecule has 1 aliphatic heterocycles. The van der Waals surface area contributed by atoms with E-state index in [2.05, 4.69) is 24.8 Å². The first-order valence-corrected chi connectivity index (χ1v) is 13.5. The van der Waals surface area contributed by atoms with E-state index in [1.807, 2.05) is 32.9 Å². The number of aryl methyl sites for hydroxylation is 2. The lowest BCUT2D eigenvalue weighted by molar-refractivity contribution is 0.0500. The molecule has 0 radical (unpaired) electrons. The molecule has 204 valence electrons. The number of nitrogens with one attached hydrogen (secondary N) is 1. The van der Waals surface area contributed by atoms with Gasteiger partial charge in [0, 0.05) is 31.6 Å². The van der Waals surface area contributed by atoms with Gasteiger partial charge < -0.3 is 34.2 Å². The van der Waals surface area contributed by atoms with Crippen molar-refractivity contribution >= 4 is 25.4 Å². The third-order valence-corrected chi connectivity index (χ3v) is 6.04. The van der Waals surface area contributed by atoms with Gasteiger partial charge in [0.15, 0.2) is 5.82 Å². The number of ether oxygens (including phenoxy) is 3. The molecule has 0 unspecified atom stereocenters. The first-order chi connectivity index (χ1) is 17.6. The Morgan fingerprint density at radius 3 is 2.59 bits per heavy atom. The first-order valence-electron chi connectivity index (χ1n) is 12.0. The van der Waals surface area contributed by atoms with E-state index in [9.17, 15) is 9.36 Å². The predicted molar refractivity (Wildman–Crippen MR) is 134 cm³/mol. The Hall–Kier alpha value is -2.99. The summed E-state index contributed by atoms with van der Waals surface area (Å²) in [5, 5.41) is 3.21. The molecule has 3 N–H and O–H groups in total. The molecule has 13 nitrogen and oxygen atoms in total. The van der Waals surface area contributed by atoms with Gasteiger partial charge in [-0.05, 0) is 45.7 Å². The fourth-order valence-electron chi connectivity index (χ4n) is 3.75. The zero-order valence-corrected chi connectivity index (χ0v) is 22.3. The number of likely N-dealkylation sites (tertiary alicyclic amines) is 1. The molecule has 37 heavy (non-hydrogen) atoms. The number of hydrogen-bond donors (Lipinski definition) is 3. The van der Waals surface area contributed by atoms with Gasteiger partial charge in [0.25, 0.3) is 5.88 Å². The van der Waals surface area contributed by atoms with Gasteiger partial charge in [-0.2, -0.15) is 4.98 Å². The van der Waals surface area contributed by atoms with Crippen molar-refractivity contribution in [3.05, 3.63) is 29.8 Å². The molecule has 0 spiro atoms. The molecular formula is C23H34N5O8P. The summed E-state index contributed by atoms with van der Waals surface area (Å²) in [6, 6.07) is 3.66. The van der Waals surface area contributed by atoms with Gasteiger partial charge in [-0.1, -0.05) is 0 Å². The van der Waals surface area contributed by atoms with E-state index in [1.165, 1.54) is 13.4 Å². The Morgan fingerprint density at radius 2 is 1.97 bits per heavy atom. The van der Waals surface area contributed by atoms with Crippen LogP contribution < -0.4 is 14.8 Å². The molecule has 1 aliphatic rings. The number of phosphoric ester groups is 1. The number of nitrogens with zero attached hydrogens (tertiary/aromatic N) is 4. The van der Waals surface area contributed by atoms with Crippen molar-refractivity contribution < 1.29 is 37.9 Å². The van der Waals surface area contributed by atoms with Crippen LogP contribution in [-0.4, -0.2) is 74.7 Å². The van der Waals surface area contributed by atoms with Crippen molar-refractivity contribution in [3.8, 4) is 11.6 Å². The minimum atomic E-state index is -4.46. The summed E-state index contributed by atoms with van der Waals surface area (Å²) >= 11 is 0. The number of piperidine rings is 1. The van der Waals surface area contributed by atoms with Crippen LogP contribution in [0.2, 0.25) is 0 Å². The molecule has 2 aromatic rings. The average molecular weight is 540 g/mol. The lowest BCUT2D eigenvalue weighted by Crippen LogP contribution is -2.42. The van der Waals surface area contributed by atoms with E-state index in [0.717, 1.165) is 5.69 Å². The van der Waals surface area contributed by atoms with Crippen LogP contribution in [0.5, 0.6) is 11.6 Å². The number of amides is 1. The number of anilines is 2. The summed E-state index contributed by atoms with van der Waals surface area (Å²) in [7, 11) is -2.96. The monoisotopic (exact) mass is 539 g/mol. The largest absolute Gasteiger partial charge is 0.489 e. The number of rotatable bonds is 11. The molecule has 0 atom stereocenters. The van der Waals surface area contributed by atoms with Gasteiger partial charge in [-0.3, -0.25) is 9.51 Å². The molecule has 14 heteroatoms. The van der Waals surface area contributed by atoms with E-state index in [4.69, 9.17) is 24.0 Å². The van der Waals surface area contributed by atoms with Crippen LogP contribution in [0.25, 0.3) is 0 Å². The quantitative estimate of drug-likeness (QED) is 0.282. The average Bonchev–Trinajstić information content (AvgIpc) is 2.83. The van der Waals surface area contributed by atoms with Crippen LogP contribution >= 0.6 is 7.82 Å². The lowest BCUT2D eigenvalue weighted by Gasteiger charge is -2.31. The van der Waals surface area contributed by atoms with E-state index in [-0.39, 0.29) is 24.9 Å². The number of methoxy groups -OCH3 is 1.